The van der Waals surface area contributed by atoms with Gasteiger partial charge in [-0.1, -0.05) is 77.6 Å². The molecule has 0 heterocycles. The second kappa shape index (κ2) is 11.5. The van der Waals surface area contributed by atoms with Crippen LogP contribution in [-0.4, -0.2) is 12.6 Å². The summed E-state index contributed by atoms with van der Waals surface area (Å²) < 4.78 is 0. The molecule has 1 heteroatoms. The van der Waals surface area contributed by atoms with E-state index in [0.717, 1.165) is 17.9 Å². The van der Waals surface area contributed by atoms with E-state index in [4.69, 9.17) is 0 Å². The van der Waals surface area contributed by atoms with Crippen molar-refractivity contribution >= 4 is 0 Å². The minimum Gasteiger partial charge on any atom is -0.313 e. The van der Waals surface area contributed by atoms with Gasteiger partial charge in [0.15, 0.2) is 0 Å². The lowest BCUT2D eigenvalue weighted by Gasteiger charge is -2.30. The predicted octanol–water partition coefficient (Wildman–Crippen LogP) is 6.47. The van der Waals surface area contributed by atoms with E-state index in [9.17, 15) is 0 Å². The van der Waals surface area contributed by atoms with Crippen molar-refractivity contribution in [2.75, 3.05) is 6.54 Å². The highest BCUT2D eigenvalue weighted by molar-refractivity contribution is 4.79. The molecule has 130 valence electrons. The average molecular weight is 308 g/mol. The number of rotatable bonds is 5. The van der Waals surface area contributed by atoms with Gasteiger partial charge in [-0.15, -0.1) is 0 Å². The Labute approximate surface area is 140 Å². The number of hydrogen-bond acceptors (Lipinski definition) is 1. The third-order valence-electron chi connectivity index (χ3n) is 6.21. The first-order valence-corrected chi connectivity index (χ1v) is 10.6. The van der Waals surface area contributed by atoms with Crippen LogP contribution in [0, 0.1) is 11.8 Å². The van der Waals surface area contributed by atoms with E-state index in [1.54, 1.807) is 0 Å². The van der Waals surface area contributed by atoms with Gasteiger partial charge in [-0.3, -0.25) is 0 Å². The Hall–Kier alpha value is -0.0400. The molecule has 2 rings (SSSR count). The Morgan fingerprint density at radius 2 is 1.23 bits per heavy atom. The molecule has 2 aliphatic rings. The second-order valence-electron chi connectivity index (χ2n) is 8.12. The topological polar surface area (TPSA) is 12.0 Å². The highest BCUT2D eigenvalue weighted by Gasteiger charge is 2.22. The van der Waals surface area contributed by atoms with Gasteiger partial charge in [-0.25, -0.2) is 0 Å². The summed E-state index contributed by atoms with van der Waals surface area (Å²) in [7, 11) is 0. The van der Waals surface area contributed by atoms with Gasteiger partial charge < -0.3 is 5.32 Å². The van der Waals surface area contributed by atoms with E-state index in [1.165, 1.54) is 109 Å². The Balaban J connectivity index is 1.81. The lowest BCUT2D eigenvalue weighted by atomic mass is 9.86. The first-order chi connectivity index (χ1) is 10.9. The molecule has 0 saturated heterocycles. The molecule has 0 aromatic rings. The summed E-state index contributed by atoms with van der Waals surface area (Å²) in [5, 5.41) is 4.07. The van der Waals surface area contributed by atoms with Crippen molar-refractivity contribution in [2.24, 2.45) is 11.8 Å². The average Bonchev–Trinajstić information content (AvgIpc) is 2.59. The van der Waals surface area contributed by atoms with E-state index < -0.39 is 0 Å². The number of nitrogens with one attached hydrogen (secondary N) is 1. The van der Waals surface area contributed by atoms with Crippen molar-refractivity contribution < 1.29 is 0 Å². The molecule has 2 saturated carbocycles. The molecule has 1 nitrogen and oxygen atoms in total. The van der Waals surface area contributed by atoms with Crippen molar-refractivity contribution in [1.82, 2.24) is 5.32 Å². The highest BCUT2D eigenvalue weighted by atomic mass is 14.9. The molecule has 2 aliphatic carbocycles. The van der Waals surface area contributed by atoms with Crippen LogP contribution in [0.15, 0.2) is 0 Å². The van der Waals surface area contributed by atoms with Crippen molar-refractivity contribution in [3.05, 3.63) is 0 Å². The van der Waals surface area contributed by atoms with Gasteiger partial charge in [0.1, 0.15) is 0 Å². The zero-order valence-electron chi connectivity index (χ0n) is 15.3. The van der Waals surface area contributed by atoms with Crippen molar-refractivity contribution in [2.45, 2.75) is 116 Å². The zero-order valence-corrected chi connectivity index (χ0v) is 15.3. The molecule has 0 aromatic heterocycles. The summed E-state index contributed by atoms with van der Waals surface area (Å²) in [6, 6.07) is 0.823. The standard InChI is InChI=1S/C21H41N/c1-2-13-20-16-11-7-4-8-12-17-21(20)22-18-19-14-9-5-3-6-10-15-19/h19-22H,2-18H2,1H3. The molecule has 0 aliphatic heterocycles. The van der Waals surface area contributed by atoms with Gasteiger partial charge in [-0.2, -0.15) is 0 Å². The van der Waals surface area contributed by atoms with Crippen LogP contribution in [0.2, 0.25) is 0 Å². The predicted molar refractivity (Wildman–Crippen MR) is 98.3 cm³/mol. The van der Waals surface area contributed by atoms with Gasteiger partial charge in [0, 0.05) is 6.04 Å². The number of hydrogen-bond donors (Lipinski definition) is 1. The van der Waals surface area contributed by atoms with Crippen molar-refractivity contribution in [1.29, 1.82) is 0 Å². The summed E-state index contributed by atoms with van der Waals surface area (Å²) in [5.74, 6) is 1.92. The molecule has 2 unspecified atom stereocenters. The lowest BCUT2D eigenvalue weighted by molar-refractivity contribution is 0.266. The van der Waals surface area contributed by atoms with Gasteiger partial charge >= 0.3 is 0 Å². The first kappa shape index (κ1) is 18.3. The highest BCUT2D eigenvalue weighted by Crippen LogP contribution is 2.27. The minimum absolute atomic E-state index is 0.823. The van der Waals surface area contributed by atoms with Crippen LogP contribution in [0.4, 0.5) is 0 Å². The van der Waals surface area contributed by atoms with E-state index in [1.807, 2.05) is 0 Å². The fourth-order valence-corrected chi connectivity index (χ4v) is 4.79. The van der Waals surface area contributed by atoms with Crippen LogP contribution in [-0.2, 0) is 0 Å². The van der Waals surface area contributed by atoms with E-state index in [2.05, 4.69) is 12.2 Å². The molecule has 0 bridgehead atoms. The maximum absolute atomic E-state index is 4.07. The monoisotopic (exact) mass is 307 g/mol. The molecular formula is C21H41N. The summed E-state index contributed by atoms with van der Waals surface area (Å²) in [4.78, 5) is 0. The lowest BCUT2D eigenvalue weighted by Crippen LogP contribution is -2.39. The van der Waals surface area contributed by atoms with Crippen LogP contribution in [0.25, 0.3) is 0 Å². The fraction of sp³-hybridized carbons (Fsp3) is 1.00. The maximum Gasteiger partial charge on any atom is 0.00954 e. The first-order valence-electron chi connectivity index (χ1n) is 10.6. The Bertz CT molecular complexity index is 255. The third kappa shape index (κ3) is 7.02. The zero-order chi connectivity index (χ0) is 15.5. The molecule has 1 N–H and O–H groups in total. The summed E-state index contributed by atoms with van der Waals surface area (Å²) in [6.45, 7) is 3.68. The molecule has 2 fully saturated rings. The molecule has 22 heavy (non-hydrogen) atoms. The van der Waals surface area contributed by atoms with Crippen LogP contribution in [0.5, 0.6) is 0 Å². The molecule has 0 radical (unpaired) electrons. The largest absolute Gasteiger partial charge is 0.313 e. The van der Waals surface area contributed by atoms with Crippen LogP contribution < -0.4 is 5.32 Å². The van der Waals surface area contributed by atoms with Crippen molar-refractivity contribution in [3.63, 3.8) is 0 Å². The van der Waals surface area contributed by atoms with Crippen LogP contribution >= 0.6 is 0 Å². The minimum atomic E-state index is 0.823. The van der Waals surface area contributed by atoms with Crippen LogP contribution in [0.3, 0.4) is 0 Å². The van der Waals surface area contributed by atoms with Gasteiger partial charge in [0.2, 0.25) is 0 Å². The Kier molecular flexibility index (Phi) is 9.56. The summed E-state index contributed by atoms with van der Waals surface area (Å²) >= 11 is 0. The Morgan fingerprint density at radius 1 is 0.682 bits per heavy atom. The second-order valence-corrected chi connectivity index (χ2v) is 8.12. The van der Waals surface area contributed by atoms with E-state index >= 15 is 0 Å². The molecule has 2 atom stereocenters. The quantitative estimate of drug-likeness (QED) is 0.614. The van der Waals surface area contributed by atoms with E-state index in [0.29, 0.717) is 0 Å². The summed E-state index contributed by atoms with van der Waals surface area (Å²) in [6.07, 6.45) is 23.5. The van der Waals surface area contributed by atoms with Gasteiger partial charge in [0.25, 0.3) is 0 Å². The molecule has 0 amide bonds. The SMILES string of the molecule is CCCC1CCCCCCCC1NCC1CCCCCCC1. The van der Waals surface area contributed by atoms with Crippen LogP contribution in [0.1, 0.15) is 110 Å². The maximum atomic E-state index is 4.07. The van der Waals surface area contributed by atoms with Crippen molar-refractivity contribution in [3.8, 4) is 0 Å². The van der Waals surface area contributed by atoms with Gasteiger partial charge in [0.05, 0.1) is 0 Å². The third-order valence-corrected chi connectivity index (χ3v) is 6.21. The normalized spacial score (nSPS) is 29.9. The van der Waals surface area contributed by atoms with Gasteiger partial charge in [-0.05, 0) is 50.5 Å². The summed E-state index contributed by atoms with van der Waals surface area (Å²) in [5.41, 5.74) is 0. The Morgan fingerprint density at radius 3 is 1.86 bits per heavy atom. The molecule has 0 aromatic carbocycles. The molecule has 0 spiro atoms. The fourth-order valence-electron chi connectivity index (χ4n) is 4.79. The van der Waals surface area contributed by atoms with E-state index in [-0.39, 0.29) is 0 Å². The smallest absolute Gasteiger partial charge is 0.00954 e. The molecular weight excluding hydrogens is 266 g/mol.